The van der Waals surface area contributed by atoms with Crippen LogP contribution in [-0.4, -0.2) is 81.6 Å². The number of aliphatic hydroxyl groups is 2. The van der Waals surface area contributed by atoms with E-state index in [1.165, 1.54) is 0 Å². The van der Waals surface area contributed by atoms with Crippen LogP contribution in [0.1, 0.15) is 71.6 Å². The van der Waals surface area contributed by atoms with E-state index in [4.69, 9.17) is 18.9 Å². The quantitative estimate of drug-likeness (QED) is 0.243. The maximum atomic E-state index is 13.3. The molecule has 230 valence electrons. The smallest absolute Gasteiger partial charge is 0.331 e. The summed E-state index contributed by atoms with van der Waals surface area (Å²) < 4.78 is 24.4. The summed E-state index contributed by atoms with van der Waals surface area (Å²) in [7, 11) is 0. The molecule has 3 N–H and O–H groups in total. The molecule has 11 heteroatoms. The molecule has 3 saturated heterocycles. The van der Waals surface area contributed by atoms with Gasteiger partial charge in [0.05, 0.1) is 30.5 Å². The highest BCUT2D eigenvalue weighted by Crippen LogP contribution is 2.70. The van der Waals surface area contributed by atoms with Crippen LogP contribution >= 0.6 is 11.8 Å². The molecule has 4 aliphatic heterocycles. The van der Waals surface area contributed by atoms with E-state index in [1.807, 2.05) is 6.92 Å². The number of hydrogen-bond acceptors (Lipinski definition) is 11. The molecule has 0 aromatic carbocycles. The fraction of sp³-hybridized carbons (Fsp3) is 0.839. The third-order valence-electron chi connectivity index (χ3n) is 13.0. The molecule has 42 heavy (non-hydrogen) atoms. The monoisotopic (exact) mass is 603 g/mol. The van der Waals surface area contributed by atoms with Gasteiger partial charge in [-0.25, -0.2) is 4.79 Å². The predicted octanol–water partition coefficient (Wildman–Crippen LogP) is 2.20. The zero-order chi connectivity index (χ0) is 29.3. The maximum absolute atomic E-state index is 13.3. The lowest BCUT2D eigenvalue weighted by molar-refractivity contribution is -0.448. The normalized spacial score (nSPS) is 56.5. The summed E-state index contributed by atoms with van der Waals surface area (Å²) in [6.45, 7) is 4.51. The van der Waals surface area contributed by atoms with E-state index in [2.05, 4.69) is 12.2 Å². The van der Waals surface area contributed by atoms with Crippen molar-refractivity contribution in [3.63, 3.8) is 0 Å². The van der Waals surface area contributed by atoms with Crippen LogP contribution in [-0.2, 0) is 33.3 Å². The van der Waals surface area contributed by atoms with Crippen molar-refractivity contribution >= 4 is 29.1 Å². The molecule has 0 radical (unpaired) electrons. The fourth-order valence-electron chi connectivity index (χ4n) is 11.1. The van der Waals surface area contributed by atoms with E-state index in [0.29, 0.717) is 32.3 Å². The molecule has 0 aromatic rings. The van der Waals surface area contributed by atoms with Gasteiger partial charge in [-0.2, -0.15) is 0 Å². The van der Waals surface area contributed by atoms with Crippen LogP contribution in [0.25, 0.3) is 0 Å². The Morgan fingerprint density at radius 2 is 1.88 bits per heavy atom. The first-order valence-electron chi connectivity index (χ1n) is 15.7. The number of carbonyl (C=O) groups excluding carboxylic acids is 3. The highest BCUT2D eigenvalue weighted by molar-refractivity contribution is 8.15. The molecule has 0 aromatic heterocycles. The van der Waals surface area contributed by atoms with Crippen molar-refractivity contribution in [1.29, 1.82) is 0 Å². The zero-order valence-electron chi connectivity index (χ0n) is 24.2. The number of aldehydes is 1. The van der Waals surface area contributed by atoms with Crippen LogP contribution in [0.4, 0.5) is 0 Å². The summed E-state index contributed by atoms with van der Waals surface area (Å²) in [5.74, 6) is -2.09. The van der Waals surface area contributed by atoms with Gasteiger partial charge in [0.15, 0.2) is 0 Å². The van der Waals surface area contributed by atoms with Crippen LogP contribution in [0, 0.1) is 34.5 Å². The minimum absolute atomic E-state index is 0.0184. The highest BCUT2D eigenvalue weighted by Gasteiger charge is 2.73. The molecule has 8 aliphatic rings. The Morgan fingerprint density at radius 1 is 1.05 bits per heavy atom. The van der Waals surface area contributed by atoms with E-state index in [-0.39, 0.29) is 53.5 Å². The summed E-state index contributed by atoms with van der Waals surface area (Å²) in [4.78, 5) is 36.5. The lowest BCUT2D eigenvalue weighted by Gasteiger charge is -2.65. The molecule has 4 saturated carbocycles. The number of rotatable bonds is 2. The van der Waals surface area contributed by atoms with Crippen molar-refractivity contribution in [2.45, 2.75) is 112 Å². The number of ether oxygens (including phenoxy) is 4. The van der Waals surface area contributed by atoms with E-state index < -0.39 is 39.5 Å². The first kappa shape index (κ1) is 28.2. The Hall–Kier alpha value is -1.34. The number of carbonyl (C=O) groups is 3. The largest absolute Gasteiger partial charge is 0.458 e. The highest BCUT2D eigenvalue weighted by atomic mass is 32.2. The van der Waals surface area contributed by atoms with E-state index >= 15 is 0 Å². The molecule has 7 fully saturated rings. The molecular weight excluding hydrogens is 562 g/mol. The minimum Gasteiger partial charge on any atom is -0.458 e. The zero-order valence-corrected chi connectivity index (χ0v) is 25.0. The van der Waals surface area contributed by atoms with Crippen molar-refractivity contribution in [2.24, 2.45) is 34.5 Å². The maximum Gasteiger partial charge on any atom is 0.331 e. The van der Waals surface area contributed by atoms with Gasteiger partial charge >= 0.3 is 5.97 Å². The summed E-state index contributed by atoms with van der Waals surface area (Å²) in [6, 6.07) is 0. The van der Waals surface area contributed by atoms with Crippen LogP contribution in [0.3, 0.4) is 0 Å². The molecule has 0 unspecified atom stereocenters. The van der Waals surface area contributed by atoms with E-state index in [9.17, 15) is 24.6 Å². The Labute approximate surface area is 249 Å². The first-order chi connectivity index (χ1) is 20.0. The van der Waals surface area contributed by atoms with Crippen LogP contribution in [0.15, 0.2) is 11.6 Å². The second-order valence-electron chi connectivity index (χ2n) is 14.6. The van der Waals surface area contributed by atoms with Gasteiger partial charge in [-0.05, 0) is 87.5 Å². The molecular formula is C31H41NO9S. The van der Waals surface area contributed by atoms with Gasteiger partial charge in [0.2, 0.25) is 17.2 Å². The molecule has 4 aliphatic carbocycles. The average Bonchev–Trinajstić information content (AvgIpc) is 3.62. The van der Waals surface area contributed by atoms with Crippen LogP contribution < -0.4 is 5.32 Å². The van der Waals surface area contributed by atoms with Crippen molar-refractivity contribution < 1.29 is 43.5 Å². The van der Waals surface area contributed by atoms with E-state index in [1.54, 1.807) is 6.08 Å². The van der Waals surface area contributed by atoms with Crippen molar-refractivity contribution in [3.8, 4) is 0 Å². The summed E-state index contributed by atoms with van der Waals surface area (Å²) in [6.07, 6.45) is 6.63. The topological polar surface area (TPSA) is 141 Å². The third kappa shape index (κ3) is 3.47. The number of hydrogen-bond donors (Lipinski definition) is 3. The molecule has 8 rings (SSSR count). The van der Waals surface area contributed by atoms with Gasteiger partial charge in [0.25, 0.3) is 0 Å². The SMILES string of the molecule is C[C@@H]1C[C@@]2(NCC(=O)S2)[C@]2(O)O[C@@H]3C[C@@]4(C=O)[C@@H](CC[C@@H]5[C@@H]4CC[C@]4(C)[C@@H](C6=CC(=O)OC6)CC[C@]54O)C[C@H]3O[C@@H]2O1. The number of thioether (sulfide) groups is 1. The lowest BCUT2D eigenvalue weighted by atomic mass is 9.42. The fourth-order valence-corrected chi connectivity index (χ4v) is 12.4. The third-order valence-corrected chi connectivity index (χ3v) is 14.3. The van der Waals surface area contributed by atoms with Gasteiger partial charge in [-0.1, -0.05) is 18.7 Å². The molecule has 1 spiro atoms. The van der Waals surface area contributed by atoms with Crippen LogP contribution in [0.2, 0.25) is 0 Å². The molecule has 4 heterocycles. The molecule has 0 amide bonds. The number of nitrogens with one attached hydrogen (secondary N) is 1. The van der Waals surface area contributed by atoms with Crippen LogP contribution in [0.5, 0.6) is 0 Å². The van der Waals surface area contributed by atoms with Gasteiger partial charge in [0.1, 0.15) is 17.8 Å². The molecule has 10 nitrogen and oxygen atoms in total. The Balaban J connectivity index is 1.10. The average molecular weight is 604 g/mol. The standard InChI is InChI=1S/C31H41NO9S/c1-16-11-30(32-13-25(35)42-30)31(37)26(39-16)40-22-10-18-3-4-21-20(28(18,15-33)12-23(22)41-31)5-7-27(2)19(6-8-29(21,27)36)17-9-24(34)38-14-17/h9,15-16,18-23,26,32,36-37H,3-8,10-14H2,1-2H3/t16-,18+,19-,20+,21-,22-,23-,26+,27-,28-,29+,30+,31-/m1/s1. The second-order valence-corrected chi connectivity index (χ2v) is 16.0. The van der Waals surface area contributed by atoms with Gasteiger partial charge in [-0.3, -0.25) is 10.1 Å². The Bertz CT molecular complexity index is 1260. The Morgan fingerprint density at radius 3 is 2.60 bits per heavy atom. The van der Waals surface area contributed by atoms with Gasteiger partial charge < -0.3 is 34.0 Å². The Kier molecular flexibility index (Phi) is 6.11. The predicted molar refractivity (Wildman–Crippen MR) is 148 cm³/mol. The number of esters is 1. The minimum atomic E-state index is -1.89. The van der Waals surface area contributed by atoms with Crippen molar-refractivity contribution in [1.82, 2.24) is 5.32 Å². The van der Waals surface area contributed by atoms with Crippen molar-refractivity contribution in [2.75, 3.05) is 13.2 Å². The molecule has 13 atom stereocenters. The van der Waals surface area contributed by atoms with Gasteiger partial charge in [0, 0.05) is 23.3 Å². The summed E-state index contributed by atoms with van der Waals surface area (Å²) in [5.41, 5.74) is -1.06. The summed E-state index contributed by atoms with van der Waals surface area (Å²) in [5, 5.41) is 27.8. The lowest BCUT2D eigenvalue weighted by Crippen LogP contribution is -2.76. The summed E-state index contributed by atoms with van der Waals surface area (Å²) >= 11 is 1.06. The number of fused-ring (bicyclic) bond motifs is 8. The van der Waals surface area contributed by atoms with Gasteiger partial charge in [-0.15, -0.1) is 0 Å². The van der Waals surface area contributed by atoms with Crippen molar-refractivity contribution in [3.05, 3.63) is 11.6 Å². The first-order valence-corrected chi connectivity index (χ1v) is 16.5. The van der Waals surface area contributed by atoms with E-state index in [0.717, 1.165) is 55.7 Å². The second kappa shape index (κ2) is 9.11. The number of cyclic esters (lactones) is 1. The molecule has 0 bridgehead atoms.